The summed E-state index contributed by atoms with van der Waals surface area (Å²) in [7, 11) is 0. The molecule has 5 N–H and O–H groups in total. The van der Waals surface area contributed by atoms with Gasteiger partial charge < -0.3 is 40.0 Å². The first-order chi connectivity index (χ1) is 12.3. The molecule has 0 aliphatic carbocycles. The lowest BCUT2D eigenvalue weighted by molar-refractivity contribution is -0.287. The highest BCUT2D eigenvalue weighted by molar-refractivity contribution is 5.81. The maximum absolute atomic E-state index is 12.4. The number of rotatable bonds is 6. The highest BCUT2D eigenvalue weighted by Gasteiger charge is 2.43. The molecule has 0 aromatic heterocycles. The Morgan fingerprint density at radius 3 is 2.19 bits per heavy atom. The first kappa shape index (κ1) is 23.6. The maximum Gasteiger partial charge on any atom is 0.408 e. The summed E-state index contributed by atoms with van der Waals surface area (Å²) in [6.45, 7) is 8.31. The predicted octanol–water partition coefficient (Wildman–Crippen LogP) is -0.731. The van der Waals surface area contributed by atoms with Gasteiger partial charge in [-0.1, -0.05) is 13.8 Å². The van der Waals surface area contributed by atoms with Crippen LogP contribution < -0.4 is 5.32 Å². The number of esters is 1. The van der Waals surface area contributed by atoms with Crippen molar-refractivity contribution in [1.29, 1.82) is 0 Å². The van der Waals surface area contributed by atoms with Crippen molar-refractivity contribution in [2.75, 3.05) is 6.61 Å². The van der Waals surface area contributed by atoms with E-state index >= 15 is 0 Å². The van der Waals surface area contributed by atoms with Gasteiger partial charge in [-0.25, -0.2) is 9.59 Å². The molecule has 10 heteroatoms. The lowest BCUT2D eigenvalue weighted by Crippen LogP contribution is -2.59. The number of amides is 1. The molecule has 1 fully saturated rings. The van der Waals surface area contributed by atoms with Crippen molar-refractivity contribution in [1.82, 2.24) is 5.32 Å². The SMILES string of the molecule is CC(C)CC(NC(=O)OC(C)(C)C)C(=O)OCC1OC(O)C(O)C(O)C1O. The Balaban J connectivity index is 2.67. The number of alkyl carbamates (subject to hydrolysis) is 1. The van der Waals surface area contributed by atoms with Crippen molar-refractivity contribution in [3.8, 4) is 0 Å². The monoisotopic (exact) mass is 393 g/mol. The van der Waals surface area contributed by atoms with Gasteiger partial charge in [-0.15, -0.1) is 0 Å². The Kier molecular flexibility index (Phi) is 8.43. The van der Waals surface area contributed by atoms with E-state index in [0.717, 1.165) is 0 Å². The predicted molar refractivity (Wildman–Crippen MR) is 92.5 cm³/mol. The highest BCUT2D eigenvalue weighted by Crippen LogP contribution is 2.20. The van der Waals surface area contributed by atoms with Gasteiger partial charge in [-0.05, 0) is 33.1 Å². The van der Waals surface area contributed by atoms with Crippen molar-refractivity contribution in [3.63, 3.8) is 0 Å². The summed E-state index contributed by atoms with van der Waals surface area (Å²) < 4.78 is 15.2. The lowest BCUT2D eigenvalue weighted by Gasteiger charge is -2.38. The van der Waals surface area contributed by atoms with Gasteiger partial charge in [0.05, 0.1) is 0 Å². The Labute approximate surface area is 158 Å². The zero-order valence-electron chi connectivity index (χ0n) is 16.3. The molecule has 158 valence electrons. The zero-order valence-corrected chi connectivity index (χ0v) is 16.3. The second-order valence-corrected chi connectivity index (χ2v) is 8.00. The zero-order chi connectivity index (χ0) is 20.9. The fraction of sp³-hybridized carbons (Fsp3) is 0.882. The standard InChI is InChI=1S/C17H31NO9/c1-8(2)6-9(18-16(24)27-17(3,4)5)14(22)25-7-10-11(19)12(20)13(21)15(23)26-10/h8-13,15,19-21,23H,6-7H2,1-5H3,(H,18,24). The van der Waals surface area contributed by atoms with Crippen molar-refractivity contribution in [2.24, 2.45) is 5.92 Å². The molecule has 1 aliphatic heterocycles. The Hall–Kier alpha value is -1.46. The molecule has 0 spiro atoms. The minimum absolute atomic E-state index is 0.0628. The summed E-state index contributed by atoms with van der Waals surface area (Å²) in [6, 6.07) is -0.985. The highest BCUT2D eigenvalue weighted by atomic mass is 16.7. The topological polar surface area (TPSA) is 155 Å². The van der Waals surface area contributed by atoms with E-state index < -0.39 is 61.0 Å². The molecule has 0 radical (unpaired) electrons. The quantitative estimate of drug-likeness (QED) is 0.367. The van der Waals surface area contributed by atoms with Crippen LogP contribution in [0.5, 0.6) is 0 Å². The van der Waals surface area contributed by atoms with Gasteiger partial charge in [0.2, 0.25) is 0 Å². The third-order valence-electron chi connectivity index (χ3n) is 3.76. The molecule has 1 rings (SSSR count). The molecule has 0 saturated carbocycles. The first-order valence-corrected chi connectivity index (χ1v) is 8.85. The average molecular weight is 393 g/mol. The summed E-state index contributed by atoms with van der Waals surface area (Å²) in [6.07, 6.45) is -8.32. The van der Waals surface area contributed by atoms with Crippen LogP contribution in [0.4, 0.5) is 4.79 Å². The Bertz CT molecular complexity index is 505. The molecule has 10 nitrogen and oxygen atoms in total. The molecule has 6 atom stereocenters. The summed E-state index contributed by atoms with van der Waals surface area (Å²) >= 11 is 0. The second-order valence-electron chi connectivity index (χ2n) is 8.00. The average Bonchev–Trinajstić information content (AvgIpc) is 2.51. The third-order valence-corrected chi connectivity index (χ3v) is 3.76. The van der Waals surface area contributed by atoms with E-state index in [1.807, 2.05) is 13.8 Å². The summed E-state index contributed by atoms with van der Waals surface area (Å²) in [4.78, 5) is 24.3. The largest absolute Gasteiger partial charge is 0.461 e. The van der Waals surface area contributed by atoms with Gasteiger partial charge in [0, 0.05) is 0 Å². The number of hydrogen-bond donors (Lipinski definition) is 5. The number of carbonyl (C=O) groups excluding carboxylic acids is 2. The van der Waals surface area contributed by atoms with E-state index in [1.54, 1.807) is 20.8 Å². The van der Waals surface area contributed by atoms with E-state index in [-0.39, 0.29) is 12.3 Å². The first-order valence-electron chi connectivity index (χ1n) is 8.85. The number of aliphatic hydroxyl groups is 4. The Morgan fingerprint density at radius 1 is 1.07 bits per heavy atom. The maximum atomic E-state index is 12.4. The molecule has 0 bridgehead atoms. The summed E-state index contributed by atoms with van der Waals surface area (Å²) in [5.41, 5.74) is -0.733. The number of nitrogens with one attached hydrogen (secondary N) is 1. The number of hydrogen-bond acceptors (Lipinski definition) is 9. The van der Waals surface area contributed by atoms with E-state index in [9.17, 15) is 30.0 Å². The van der Waals surface area contributed by atoms with Crippen LogP contribution in [-0.2, 0) is 19.0 Å². The molecular weight excluding hydrogens is 362 g/mol. The molecule has 1 aliphatic rings. The van der Waals surface area contributed by atoms with Crippen LogP contribution in [0.3, 0.4) is 0 Å². The van der Waals surface area contributed by atoms with Crippen LogP contribution in [0.25, 0.3) is 0 Å². The molecular formula is C17H31NO9. The molecule has 6 unspecified atom stereocenters. The van der Waals surface area contributed by atoms with Crippen LogP contribution in [0.1, 0.15) is 41.0 Å². The summed E-state index contributed by atoms with van der Waals surface area (Å²) in [5, 5.41) is 40.9. The molecule has 1 heterocycles. The molecule has 0 aromatic carbocycles. The van der Waals surface area contributed by atoms with Crippen molar-refractivity contribution in [3.05, 3.63) is 0 Å². The Morgan fingerprint density at radius 2 is 1.67 bits per heavy atom. The van der Waals surface area contributed by atoms with Gasteiger partial charge in [0.1, 0.15) is 42.7 Å². The fourth-order valence-electron chi connectivity index (χ4n) is 2.47. The van der Waals surface area contributed by atoms with Crippen LogP contribution >= 0.6 is 0 Å². The van der Waals surface area contributed by atoms with Crippen LogP contribution in [-0.4, -0.2) is 81.4 Å². The normalized spacial score (nSPS) is 29.9. The van der Waals surface area contributed by atoms with Crippen molar-refractivity contribution >= 4 is 12.1 Å². The van der Waals surface area contributed by atoms with Crippen molar-refractivity contribution in [2.45, 2.75) is 83.4 Å². The minimum atomic E-state index is -1.72. The van der Waals surface area contributed by atoms with Crippen molar-refractivity contribution < 1.29 is 44.2 Å². The second kappa shape index (κ2) is 9.65. The fourth-order valence-corrected chi connectivity index (χ4v) is 2.47. The van der Waals surface area contributed by atoms with Gasteiger partial charge in [-0.2, -0.15) is 0 Å². The molecule has 1 amide bonds. The minimum Gasteiger partial charge on any atom is -0.461 e. The van der Waals surface area contributed by atoms with Crippen LogP contribution in [0.15, 0.2) is 0 Å². The third kappa shape index (κ3) is 7.59. The van der Waals surface area contributed by atoms with E-state index in [0.29, 0.717) is 0 Å². The number of carbonyl (C=O) groups is 2. The van der Waals surface area contributed by atoms with Gasteiger partial charge >= 0.3 is 12.1 Å². The number of ether oxygens (including phenoxy) is 3. The van der Waals surface area contributed by atoms with Gasteiger partial charge in [-0.3, -0.25) is 0 Å². The smallest absolute Gasteiger partial charge is 0.408 e. The van der Waals surface area contributed by atoms with E-state index in [2.05, 4.69) is 5.32 Å². The summed E-state index contributed by atoms with van der Waals surface area (Å²) in [5.74, 6) is -0.715. The van der Waals surface area contributed by atoms with Gasteiger partial charge in [0.25, 0.3) is 0 Å². The van der Waals surface area contributed by atoms with Gasteiger partial charge in [0.15, 0.2) is 6.29 Å². The van der Waals surface area contributed by atoms with Crippen LogP contribution in [0.2, 0.25) is 0 Å². The number of aliphatic hydroxyl groups excluding tert-OH is 4. The molecule has 0 aromatic rings. The molecule has 1 saturated heterocycles. The van der Waals surface area contributed by atoms with E-state index in [1.165, 1.54) is 0 Å². The molecule has 27 heavy (non-hydrogen) atoms. The lowest BCUT2D eigenvalue weighted by atomic mass is 9.99. The van der Waals surface area contributed by atoms with E-state index in [4.69, 9.17) is 14.2 Å². The van der Waals surface area contributed by atoms with Crippen LogP contribution in [0, 0.1) is 5.92 Å².